The van der Waals surface area contributed by atoms with E-state index in [2.05, 4.69) is 26.2 Å². The van der Waals surface area contributed by atoms with E-state index in [1.807, 2.05) is 6.07 Å². The Morgan fingerprint density at radius 3 is 2.82 bits per heavy atom. The van der Waals surface area contributed by atoms with Crippen LogP contribution in [0.2, 0.25) is 0 Å². The molecule has 1 amide bonds. The molecule has 1 aliphatic rings. The third-order valence-corrected chi connectivity index (χ3v) is 3.74. The van der Waals surface area contributed by atoms with E-state index in [1.54, 1.807) is 12.3 Å². The summed E-state index contributed by atoms with van der Waals surface area (Å²) < 4.78 is 0.889. The number of carbonyl (C=O) groups is 1. The van der Waals surface area contributed by atoms with Gasteiger partial charge in [-0.1, -0.05) is 25.7 Å². The van der Waals surface area contributed by atoms with E-state index in [4.69, 9.17) is 0 Å². The van der Waals surface area contributed by atoms with Gasteiger partial charge < -0.3 is 5.32 Å². The second kappa shape index (κ2) is 6.15. The summed E-state index contributed by atoms with van der Waals surface area (Å²) in [4.78, 5) is 15.8. The maximum Gasteiger partial charge on any atom is 0.269 e. The summed E-state index contributed by atoms with van der Waals surface area (Å²) in [6, 6.07) is 3.56. The number of hydrogen-bond donors (Lipinski definition) is 1. The fourth-order valence-electron chi connectivity index (χ4n) is 2.29. The minimum absolute atomic E-state index is 0.0736. The fourth-order valence-corrected chi connectivity index (χ4v) is 2.52. The van der Waals surface area contributed by atoms with E-state index < -0.39 is 0 Å². The van der Waals surface area contributed by atoms with E-state index in [9.17, 15) is 4.79 Å². The van der Waals surface area contributed by atoms with E-state index in [-0.39, 0.29) is 5.91 Å². The van der Waals surface area contributed by atoms with Crippen LogP contribution >= 0.6 is 15.9 Å². The Kier molecular flexibility index (Phi) is 4.54. The van der Waals surface area contributed by atoms with Gasteiger partial charge in [0.05, 0.1) is 0 Å². The van der Waals surface area contributed by atoms with Gasteiger partial charge in [0, 0.05) is 17.2 Å². The number of rotatable bonds is 4. The maximum absolute atomic E-state index is 11.7. The molecule has 0 atom stereocenters. The molecule has 1 saturated carbocycles. The predicted molar refractivity (Wildman–Crippen MR) is 70.8 cm³/mol. The largest absolute Gasteiger partial charge is 0.351 e. The van der Waals surface area contributed by atoms with Crippen LogP contribution in [0.5, 0.6) is 0 Å². The summed E-state index contributed by atoms with van der Waals surface area (Å²) in [6.07, 6.45) is 8.10. The molecule has 1 N–H and O–H groups in total. The minimum Gasteiger partial charge on any atom is -0.351 e. The summed E-state index contributed by atoms with van der Waals surface area (Å²) in [5.41, 5.74) is 0.486. The number of nitrogens with zero attached hydrogens (tertiary/aromatic N) is 1. The Bertz CT molecular complexity index is 372. The summed E-state index contributed by atoms with van der Waals surface area (Å²) in [5.74, 6) is 0.740. The molecule has 2 rings (SSSR count). The van der Waals surface area contributed by atoms with Crippen LogP contribution in [-0.2, 0) is 0 Å². The number of carbonyl (C=O) groups excluding carboxylic acids is 1. The normalized spacial score (nSPS) is 16.1. The minimum atomic E-state index is -0.0736. The van der Waals surface area contributed by atoms with Gasteiger partial charge in [0.15, 0.2) is 0 Å². The van der Waals surface area contributed by atoms with Gasteiger partial charge in [-0.25, -0.2) is 4.98 Å². The molecule has 0 spiro atoms. The van der Waals surface area contributed by atoms with Crippen molar-refractivity contribution in [1.82, 2.24) is 10.3 Å². The molecular weight excluding hydrogens is 280 g/mol. The van der Waals surface area contributed by atoms with Crippen LogP contribution in [0.3, 0.4) is 0 Å². The second-order valence-corrected chi connectivity index (χ2v) is 5.47. The average Bonchev–Trinajstić information content (AvgIpc) is 2.83. The smallest absolute Gasteiger partial charge is 0.269 e. The summed E-state index contributed by atoms with van der Waals surface area (Å²) in [6.45, 7) is 0.765. The van der Waals surface area contributed by atoms with Crippen LogP contribution in [0.1, 0.15) is 42.6 Å². The standard InChI is InChI=1S/C13H17BrN2O/c14-11-5-6-12(16-9-11)13(17)15-8-7-10-3-1-2-4-10/h5-6,9-10H,1-4,7-8H2,(H,15,17). The van der Waals surface area contributed by atoms with E-state index in [0.29, 0.717) is 5.69 Å². The molecule has 0 aromatic carbocycles. The summed E-state index contributed by atoms with van der Waals surface area (Å²) >= 11 is 3.30. The van der Waals surface area contributed by atoms with Crippen molar-refractivity contribution in [3.05, 3.63) is 28.5 Å². The van der Waals surface area contributed by atoms with Crippen molar-refractivity contribution in [2.24, 2.45) is 5.92 Å². The average molecular weight is 297 g/mol. The van der Waals surface area contributed by atoms with Crippen molar-refractivity contribution in [2.75, 3.05) is 6.54 Å². The third kappa shape index (κ3) is 3.80. The van der Waals surface area contributed by atoms with Gasteiger partial charge in [0.2, 0.25) is 0 Å². The molecule has 3 nitrogen and oxygen atoms in total. The first-order valence-corrected chi connectivity index (χ1v) is 6.95. The predicted octanol–water partition coefficient (Wildman–Crippen LogP) is 3.15. The highest BCUT2D eigenvalue weighted by Crippen LogP contribution is 2.26. The molecule has 1 aliphatic carbocycles. The van der Waals surface area contributed by atoms with E-state index in [0.717, 1.165) is 23.4 Å². The highest BCUT2D eigenvalue weighted by Gasteiger charge is 2.15. The van der Waals surface area contributed by atoms with Gasteiger partial charge in [-0.15, -0.1) is 0 Å². The lowest BCUT2D eigenvalue weighted by Crippen LogP contribution is -2.26. The highest BCUT2D eigenvalue weighted by molar-refractivity contribution is 9.10. The number of halogens is 1. The van der Waals surface area contributed by atoms with Gasteiger partial charge in [-0.2, -0.15) is 0 Å². The van der Waals surface area contributed by atoms with Gasteiger partial charge >= 0.3 is 0 Å². The molecular formula is C13H17BrN2O. The molecule has 1 heterocycles. The first kappa shape index (κ1) is 12.6. The van der Waals surface area contributed by atoms with Gasteiger partial charge in [-0.05, 0) is 40.4 Å². The molecule has 4 heteroatoms. The van der Waals surface area contributed by atoms with Crippen LogP contribution in [-0.4, -0.2) is 17.4 Å². The monoisotopic (exact) mass is 296 g/mol. The van der Waals surface area contributed by atoms with Crippen LogP contribution in [0.4, 0.5) is 0 Å². The highest BCUT2D eigenvalue weighted by atomic mass is 79.9. The topological polar surface area (TPSA) is 42.0 Å². The maximum atomic E-state index is 11.7. The van der Waals surface area contributed by atoms with Crippen LogP contribution in [0.15, 0.2) is 22.8 Å². The Labute approximate surface area is 110 Å². The van der Waals surface area contributed by atoms with Crippen molar-refractivity contribution >= 4 is 21.8 Å². The van der Waals surface area contributed by atoms with Crippen molar-refractivity contribution in [3.63, 3.8) is 0 Å². The van der Waals surface area contributed by atoms with E-state index >= 15 is 0 Å². The Hall–Kier alpha value is -0.900. The van der Waals surface area contributed by atoms with Gasteiger partial charge in [0.25, 0.3) is 5.91 Å². The molecule has 1 aromatic rings. The summed E-state index contributed by atoms with van der Waals surface area (Å²) in [5, 5.41) is 2.93. The molecule has 0 unspecified atom stereocenters. The first-order chi connectivity index (χ1) is 8.25. The number of hydrogen-bond acceptors (Lipinski definition) is 2. The molecule has 1 fully saturated rings. The third-order valence-electron chi connectivity index (χ3n) is 3.27. The first-order valence-electron chi connectivity index (χ1n) is 6.15. The number of amides is 1. The van der Waals surface area contributed by atoms with Crippen LogP contribution in [0, 0.1) is 5.92 Å². The Morgan fingerprint density at radius 2 is 2.18 bits per heavy atom. The van der Waals surface area contributed by atoms with Crippen LogP contribution < -0.4 is 5.32 Å². The van der Waals surface area contributed by atoms with Crippen LogP contribution in [0.25, 0.3) is 0 Å². The fraction of sp³-hybridized carbons (Fsp3) is 0.538. The van der Waals surface area contributed by atoms with Gasteiger partial charge in [-0.3, -0.25) is 4.79 Å². The van der Waals surface area contributed by atoms with Crippen molar-refractivity contribution in [2.45, 2.75) is 32.1 Å². The van der Waals surface area contributed by atoms with Crippen molar-refractivity contribution < 1.29 is 4.79 Å². The van der Waals surface area contributed by atoms with Gasteiger partial charge in [0.1, 0.15) is 5.69 Å². The molecule has 0 saturated heterocycles. The number of pyridine rings is 1. The molecule has 17 heavy (non-hydrogen) atoms. The van der Waals surface area contributed by atoms with Crippen molar-refractivity contribution in [1.29, 1.82) is 0 Å². The SMILES string of the molecule is O=C(NCCC1CCCC1)c1ccc(Br)cn1. The zero-order valence-electron chi connectivity index (χ0n) is 9.79. The van der Waals surface area contributed by atoms with Crippen molar-refractivity contribution in [3.8, 4) is 0 Å². The zero-order valence-corrected chi connectivity index (χ0v) is 11.4. The zero-order chi connectivity index (χ0) is 12.1. The molecule has 0 aliphatic heterocycles. The number of aromatic nitrogens is 1. The Balaban J connectivity index is 1.75. The lowest BCUT2D eigenvalue weighted by molar-refractivity contribution is 0.0946. The summed E-state index contributed by atoms with van der Waals surface area (Å²) in [7, 11) is 0. The lowest BCUT2D eigenvalue weighted by atomic mass is 10.0. The second-order valence-electron chi connectivity index (χ2n) is 4.56. The van der Waals surface area contributed by atoms with E-state index in [1.165, 1.54) is 25.7 Å². The quantitative estimate of drug-likeness (QED) is 0.927. The molecule has 0 bridgehead atoms. The molecule has 92 valence electrons. The lowest BCUT2D eigenvalue weighted by Gasteiger charge is -2.09. The number of nitrogens with one attached hydrogen (secondary N) is 1. The Morgan fingerprint density at radius 1 is 1.41 bits per heavy atom. The molecule has 1 aromatic heterocycles. The molecule has 0 radical (unpaired) electrons.